The summed E-state index contributed by atoms with van der Waals surface area (Å²) in [5.41, 5.74) is 0.485. The number of piperidine rings is 1. The van der Waals surface area contributed by atoms with Crippen molar-refractivity contribution in [3.8, 4) is 0 Å². The number of hydrogen-bond donors (Lipinski definition) is 1. The van der Waals surface area contributed by atoms with Crippen LogP contribution in [0.15, 0.2) is 0 Å². The molecule has 0 aromatic rings. The fourth-order valence-electron chi connectivity index (χ4n) is 4.07. The Labute approximate surface area is 117 Å². The Balaban J connectivity index is 1.62. The quantitative estimate of drug-likeness (QED) is 0.812. The third kappa shape index (κ3) is 2.82. The fourth-order valence-corrected chi connectivity index (χ4v) is 4.07. The number of nitrogens with one attached hydrogen (secondary N) is 1. The van der Waals surface area contributed by atoms with Crippen LogP contribution in [0.25, 0.3) is 0 Å². The Kier molecular flexibility index (Phi) is 4.13. The Morgan fingerprint density at radius 2 is 1.89 bits per heavy atom. The first-order valence-corrected chi connectivity index (χ1v) is 7.87. The minimum absolute atomic E-state index is 0.485. The third-order valence-electron chi connectivity index (χ3n) is 5.65. The van der Waals surface area contributed by atoms with Crippen molar-refractivity contribution in [1.82, 2.24) is 15.1 Å². The Morgan fingerprint density at radius 1 is 1.16 bits per heavy atom. The van der Waals surface area contributed by atoms with Gasteiger partial charge < -0.3 is 19.9 Å². The van der Waals surface area contributed by atoms with Gasteiger partial charge in [0.25, 0.3) is 0 Å². The molecule has 0 amide bonds. The molecule has 1 N–H and O–H groups in total. The molecular formula is C15H29N3O. The summed E-state index contributed by atoms with van der Waals surface area (Å²) in [7, 11) is 4.53. The van der Waals surface area contributed by atoms with Crippen LogP contribution in [0.1, 0.15) is 19.3 Å². The second-order valence-electron chi connectivity index (χ2n) is 6.98. The molecule has 0 aromatic carbocycles. The summed E-state index contributed by atoms with van der Waals surface area (Å²) in [6, 6.07) is 0.706. The molecule has 19 heavy (non-hydrogen) atoms. The SMILES string of the molecule is CN1CCC(C2(CC3CNCCN3C)COC2)CC1. The van der Waals surface area contributed by atoms with Crippen LogP contribution in [0.2, 0.25) is 0 Å². The highest BCUT2D eigenvalue weighted by atomic mass is 16.5. The number of piperazine rings is 1. The predicted molar refractivity (Wildman–Crippen MR) is 77.4 cm³/mol. The van der Waals surface area contributed by atoms with E-state index < -0.39 is 0 Å². The second kappa shape index (κ2) is 5.68. The average Bonchev–Trinajstić information content (AvgIpc) is 2.37. The molecule has 0 aliphatic carbocycles. The smallest absolute Gasteiger partial charge is 0.0548 e. The van der Waals surface area contributed by atoms with E-state index in [1.807, 2.05) is 0 Å². The van der Waals surface area contributed by atoms with Gasteiger partial charge in [-0.05, 0) is 52.4 Å². The van der Waals surface area contributed by atoms with Gasteiger partial charge >= 0.3 is 0 Å². The minimum Gasteiger partial charge on any atom is -0.380 e. The van der Waals surface area contributed by atoms with Crippen molar-refractivity contribution >= 4 is 0 Å². The van der Waals surface area contributed by atoms with Gasteiger partial charge in [-0.1, -0.05) is 0 Å². The molecular weight excluding hydrogens is 238 g/mol. The van der Waals surface area contributed by atoms with E-state index in [0.29, 0.717) is 11.5 Å². The first-order chi connectivity index (χ1) is 9.20. The number of rotatable bonds is 3. The van der Waals surface area contributed by atoms with Gasteiger partial charge in [0.05, 0.1) is 13.2 Å². The standard InChI is InChI=1S/C15H29N3O/c1-17-6-3-13(4-7-17)15(11-19-12-15)9-14-10-16-5-8-18(14)2/h13-14,16H,3-12H2,1-2H3. The van der Waals surface area contributed by atoms with Crippen molar-refractivity contribution < 1.29 is 4.74 Å². The van der Waals surface area contributed by atoms with Crippen LogP contribution in [-0.4, -0.2) is 75.9 Å². The zero-order valence-electron chi connectivity index (χ0n) is 12.5. The van der Waals surface area contributed by atoms with Crippen molar-refractivity contribution in [2.75, 3.05) is 60.0 Å². The normalized spacial score (nSPS) is 34.1. The van der Waals surface area contributed by atoms with Gasteiger partial charge in [-0.3, -0.25) is 0 Å². The van der Waals surface area contributed by atoms with Crippen molar-refractivity contribution in [2.45, 2.75) is 25.3 Å². The molecule has 1 atom stereocenters. The maximum atomic E-state index is 5.64. The largest absolute Gasteiger partial charge is 0.380 e. The van der Waals surface area contributed by atoms with Gasteiger partial charge in [-0.15, -0.1) is 0 Å². The molecule has 3 rings (SSSR count). The van der Waals surface area contributed by atoms with Crippen molar-refractivity contribution in [1.29, 1.82) is 0 Å². The second-order valence-corrected chi connectivity index (χ2v) is 6.98. The number of likely N-dealkylation sites (tertiary alicyclic amines) is 1. The number of hydrogen-bond acceptors (Lipinski definition) is 4. The zero-order valence-corrected chi connectivity index (χ0v) is 12.5. The van der Waals surface area contributed by atoms with E-state index in [-0.39, 0.29) is 0 Å². The van der Waals surface area contributed by atoms with E-state index >= 15 is 0 Å². The molecule has 3 aliphatic rings. The number of likely N-dealkylation sites (N-methyl/N-ethyl adjacent to an activating group) is 1. The molecule has 3 aliphatic heterocycles. The maximum absolute atomic E-state index is 5.64. The zero-order chi connectivity index (χ0) is 13.3. The van der Waals surface area contributed by atoms with Crippen molar-refractivity contribution in [2.24, 2.45) is 11.3 Å². The molecule has 3 saturated heterocycles. The predicted octanol–water partition coefficient (Wildman–Crippen LogP) is 0.639. The molecule has 4 nitrogen and oxygen atoms in total. The minimum atomic E-state index is 0.485. The van der Waals surface area contributed by atoms with Crippen LogP contribution in [-0.2, 0) is 4.74 Å². The molecule has 0 bridgehead atoms. The molecule has 1 unspecified atom stereocenters. The molecule has 0 saturated carbocycles. The Bertz CT molecular complexity index is 298. The van der Waals surface area contributed by atoms with Gasteiger partial charge in [0.2, 0.25) is 0 Å². The monoisotopic (exact) mass is 267 g/mol. The summed E-state index contributed by atoms with van der Waals surface area (Å²) in [5, 5.41) is 3.56. The van der Waals surface area contributed by atoms with Gasteiger partial charge in [0, 0.05) is 31.1 Å². The third-order valence-corrected chi connectivity index (χ3v) is 5.65. The molecule has 3 fully saturated rings. The molecule has 0 aromatic heterocycles. The molecule has 0 spiro atoms. The summed E-state index contributed by atoms with van der Waals surface area (Å²) in [6.07, 6.45) is 4.05. The summed E-state index contributed by atoms with van der Waals surface area (Å²) < 4.78 is 5.64. The van der Waals surface area contributed by atoms with Gasteiger partial charge in [0.15, 0.2) is 0 Å². The summed E-state index contributed by atoms with van der Waals surface area (Å²) in [5.74, 6) is 0.882. The molecule has 0 radical (unpaired) electrons. The van der Waals surface area contributed by atoms with Crippen LogP contribution in [0.3, 0.4) is 0 Å². The van der Waals surface area contributed by atoms with E-state index in [9.17, 15) is 0 Å². The lowest BCUT2D eigenvalue weighted by molar-refractivity contribution is -0.167. The van der Waals surface area contributed by atoms with Crippen LogP contribution in [0.5, 0.6) is 0 Å². The van der Waals surface area contributed by atoms with E-state index in [1.54, 1.807) is 0 Å². The fraction of sp³-hybridized carbons (Fsp3) is 1.00. The summed E-state index contributed by atoms with van der Waals surface area (Å²) >= 11 is 0. The van der Waals surface area contributed by atoms with Crippen molar-refractivity contribution in [3.63, 3.8) is 0 Å². The Morgan fingerprint density at radius 3 is 2.47 bits per heavy atom. The highest BCUT2D eigenvalue weighted by Gasteiger charge is 2.47. The first kappa shape index (κ1) is 13.8. The number of ether oxygens (including phenoxy) is 1. The van der Waals surface area contributed by atoms with E-state index in [1.165, 1.54) is 38.9 Å². The highest BCUT2D eigenvalue weighted by Crippen LogP contribution is 2.45. The summed E-state index contributed by atoms with van der Waals surface area (Å²) in [4.78, 5) is 5.02. The van der Waals surface area contributed by atoms with Crippen molar-refractivity contribution in [3.05, 3.63) is 0 Å². The summed E-state index contributed by atoms with van der Waals surface area (Å²) in [6.45, 7) is 8.04. The van der Waals surface area contributed by atoms with Crippen LogP contribution < -0.4 is 5.32 Å². The van der Waals surface area contributed by atoms with Gasteiger partial charge in [0.1, 0.15) is 0 Å². The number of nitrogens with zero attached hydrogens (tertiary/aromatic N) is 2. The maximum Gasteiger partial charge on any atom is 0.0548 e. The topological polar surface area (TPSA) is 27.7 Å². The highest BCUT2D eigenvalue weighted by molar-refractivity contribution is 4.97. The molecule has 3 heterocycles. The van der Waals surface area contributed by atoms with E-state index in [2.05, 4.69) is 29.2 Å². The first-order valence-electron chi connectivity index (χ1n) is 7.87. The van der Waals surface area contributed by atoms with E-state index in [4.69, 9.17) is 4.74 Å². The lowest BCUT2D eigenvalue weighted by atomic mass is 9.66. The lowest BCUT2D eigenvalue weighted by Crippen LogP contribution is -2.58. The Hall–Kier alpha value is -0.160. The lowest BCUT2D eigenvalue weighted by Gasteiger charge is -2.52. The average molecular weight is 267 g/mol. The van der Waals surface area contributed by atoms with Crippen LogP contribution in [0, 0.1) is 11.3 Å². The molecule has 110 valence electrons. The van der Waals surface area contributed by atoms with E-state index in [0.717, 1.165) is 32.2 Å². The van der Waals surface area contributed by atoms with Gasteiger partial charge in [-0.2, -0.15) is 0 Å². The molecule has 4 heteroatoms. The van der Waals surface area contributed by atoms with Gasteiger partial charge in [-0.25, -0.2) is 0 Å². The van der Waals surface area contributed by atoms with Crippen LogP contribution >= 0.6 is 0 Å². The van der Waals surface area contributed by atoms with Crippen LogP contribution in [0.4, 0.5) is 0 Å².